The number of hydrogen-bond donors (Lipinski definition) is 0. The van der Waals surface area contributed by atoms with Gasteiger partial charge in [-0.25, -0.2) is 0 Å². The third kappa shape index (κ3) is 8.58. The molecule has 1 aromatic carbocycles. The van der Waals surface area contributed by atoms with E-state index in [9.17, 15) is 4.79 Å². The van der Waals surface area contributed by atoms with Crippen LogP contribution in [0.1, 0.15) is 53.5 Å². The van der Waals surface area contributed by atoms with Crippen LogP contribution in [0.3, 0.4) is 0 Å². The van der Waals surface area contributed by atoms with Gasteiger partial charge in [0.15, 0.2) is 8.32 Å². The number of rotatable bonds is 9. The van der Waals surface area contributed by atoms with Crippen molar-refractivity contribution in [3.8, 4) is 0 Å². The predicted octanol–water partition coefficient (Wildman–Crippen LogP) is 5.57. The molecule has 154 valence electrons. The van der Waals surface area contributed by atoms with Crippen LogP contribution in [-0.2, 0) is 25.3 Å². The Morgan fingerprint density at radius 2 is 1.63 bits per heavy atom. The molecular weight excluding hydrogens is 356 g/mol. The Kier molecular flexibility index (Phi) is 8.71. The summed E-state index contributed by atoms with van der Waals surface area (Å²) in [5.41, 5.74) is 0.655. The van der Waals surface area contributed by atoms with Crippen molar-refractivity contribution in [2.75, 3.05) is 13.2 Å². The van der Waals surface area contributed by atoms with Gasteiger partial charge in [0.05, 0.1) is 31.3 Å². The van der Waals surface area contributed by atoms with Crippen molar-refractivity contribution < 1.29 is 18.7 Å². The van der Waals surface area contributed by atoms with E-state index in [1.165, 1.54) is 0 Å². The molecule has 0 N–H and O–H groups in total. The standard InChI is InChI=1S/C22H38O4Si/c1-21(2,3)20(23)25-15-14-19(26-27(7,8)22(4,5)6)17-24-16-18-12-10-9-11-13-18/h9-13,19H,14-17H2,1-8H3/t19-/m1/s1. The number of hydrogen-bond acceptors (Lipinski definition) is 4. The fourth-order valence-electron chi connectivity index (χ4n) is 2.15. The lowest BCUT2D eigenvalue weighted by Crippen LogP contribution is -2.45. The average molecular weight is 395 g/mol. The Morgan fingerprint density at radius 3 is 2.15 bits per heavy atom. The summed E-state index contributed by atoms with van der Waals surface area (Å²) in [6.45, 7) is 18.1. The van der Waals surface area contributed by atoms with Crippen molar-refractivity contribution in [3.05, 3.63) is 35.9 Å². The van der Waals surface area contributed by atoms with Gasteiger partial charge in [0, 0.05) is 6.42 Å². The second-order valence-electron chi connectivity index (χ2n) is 9.68. The van der Waals surface area contributed by atoms with E-state index in [1.807, 2.05) is 39.0 Å². The van der Waals surface area contributed by atoms with Crippen LogP contribution >= 0.6 is 0 Å². The second kappa shape index (κ2) is 9.85. The van der Waals surface area contributed by atoms with Crippen LogP contribution in [0.25, 0.3) is 0 Å². The molecule has 0 amide bonds. The van der Waals surface area contributed by atoms with Gasteiger partial charge in [-0.15, -0.1) is 0 Å². The molecule has 0 radical (unpaired) electrons. The van der Waals surface area contributed by atoms with E-state index in [2.05, 4.69) is 46.0 Å². The van der Waals surface area contributed by atoms with Crippen molar-refractivity contribution in [2.45, 2.75) is 78.8 Å². The van der Waals surface area contributed by atoms with Gasteiger partial charge in [0.25, 0.3) is 0 Å². The lowest BCUT2D eigenvalue weighted by Gasteiger charge is -2.39. The Labute approximate surface area is 166 Å². The van der Waals surface area contributed by atoms with Gasteiger partial charge in [-0.05, 0) is 44.5 Å². The van der Waals surface area contributed by atoms with Crippen molar-refractivity contribution in [3.63, 3.8) is 0 Å². The third-order valence-corrected chi connectivity index (χ3v) is 9.50. The third-order valence-electron chi connectivity index (χ3n) is 4.97. The fraction of sp³-hybridized carbons (Fsp3) is 0.682. The summed E-state index contributed by atoms with van der Waals surface area (Å²) in [7, 11) is -1.93. The number of carbonyl (C=O) groups excluding carboxylic acids is 1. The molecule has 0 aliphatic rings. The van der Waals surface area contributed by atoms with Gasteiger partial charge in [-0.3, -0.25) is 4.79 Å². The molecule has 0 aliphatic heterocycles. The quantitative estimate of drug-likeness (QED) is 0.405. The molecule has 1 atom stereocenters. The molecule has 0 saturated carbocycles. The van der Waals surface area contributed by atoms with E-state index in [0.717, 1.165) is 5.56 Å². The van der Waals surface area contributed by atoms with Gasteiger partial charge in [-0.1, -0.05) is 51.1 Å². The molecule has 1 aromatic rings. The van der Waals surface area contributed by atoms with Crippen LogP contribution < -0.4 is 0 Å². The molecule has 4 nitrogen and oxygen atoms in total. The average Bonchev–Trinajstić information content (AvgIpc) is 2.53. The van der Waals surface area contributed by atoms with Crippen molar-refractivity contribution in [2.24, 2.45) is 5.41 Å². The molecule has 0 aliphatic carbocycles. The highest BCUT2D eigenvalue weighted by atomic mass is 28.4. The molecule has 1 rings (SSSR count). The number of benzene rings is 1. The zero-order chi connectivity index (χ0) is 20.7. The highest BCUT2D eigenvalue weighted by Crippen LogP contribution is 2.37. The first-order chi connectivity index (χ1) is 12.3. The summed E-state index contributed by atoms with van der Waals surface area (Å²) < 4.78 is 17.9. The van der Waals surface area contributed by atoms with Gasteiger partial charge in [0.2, 0.25) is 0 Å². The molecule has 0 aromatic heterocycles. The molecule has 0 unspecified atom stereocenters. The Hall–Kier alpha value is -1.17. The first-order valence-corrected chi connectivity index (χ1v) is 12.7. The van der Waals surface area contributed by atoms with Crippen LogP contribution in [0.15, 0.2) is 30.3 Å². The van der Waals surface area contributed by atoms with E-state index in [1.54, 1.807) is 0 Å². The zero-order valence-corrected chi connectivity index (χ0v) is 19.4. The lowest BCUT2D eigenvalue weighted by molar-refractivity contribution is -0.153. The second-order valence-corrected chi connectivity index (χ2v) is 14.4. The van der Waals surface area contributed by atoms with Crippen LogP contribution in [0, 0.1) is 5.41 Å². The van der Waals surface area contributed by atoms with Crippen LogP contribution in [-0.4, -0.2) is 33.6 Å². The number of carbonyl (C=O) groups is 1. The maximum atomic E-state index is 12.0. The summed E-state index contributed by atoms with van der Waals surface area (Å²) in [6, 6.07) is 10.1. The summed E-state index contributed by atoms with van der Waals surface area (Å²) in [4.78, 5) is 12.0. The summed E-state index contributed by atoms with van der Waals surface area (Å²) in [6.07, 6.45) is 0.561. The lowest BCUT2D eigenvalue weighted by atomic mass is 9.97. The van der Waals surface area contributed by atoms with Crippen molar-refractivity contribution in [1.82, 2.24) is 0 Å². The number of ether oxygens (including phenoxy) is 2. The maximum Gasteiger partial charge on any atom is 0.311 e. The van der Waals surface area contributed by atoms with E-state index < -0.39 is 13.7 Å². The minimum atomic E-state index is -1.93. The minimum Gasteiger partial charge on any atom is -0.465 e. The smallest absolute Gasteiger partial charge is 0.311 e. The summed E-state index contributed by atoms with van der Waals surface area (Å²) in [5, 5.41) is 0.118. The van der Waals surface area contributed by atoms with Crippen molar-refractivity contribution >= 4 is 14.3 Å². The monoisotopic (exact) mass is 394 g/mol. The van der Waals surface area contributed by atoms with Gasteiger partial charge in [0.1, 0.15) is 0 Å². The molecule has 0 spiro atoms. The molecule has 0 saturated heterocycles. The molecule has 0 fully saturated rings. The normalized spacial score (nSPS) is 14.1. The topological polar surface area (TPSA) is 44.8 Å². The molecule has 0 bridgehead atoms. The number of esters is 1. The fourth-order valence-corrected chi connectivity index (χ4v) is 3.52. The maximum absolute atomic E-state index is 12.0. The van der Waals surface area contributed by atoms with Crippen molar-refractivity contribution in [1.29, 1.82) is 0 Å². The van der Waals surface area contributed by atoms with E-state index >= 15 is 0 Å². The Morgan fingerprint density at radius 1 is 1.04 bits per heavy atom. The summed E-state index contributed by atoms with van der Waals surface area (Å²) in [5.74, 6) is -0.182. The highest BCUT2D eigenvalue weighted by Gasteiger charge is 2.39. The first kappa shape index (κ1) is 23.9. The van der Waals surface area contributed by atoms with Crippen LogP contribution in [0.4, 0.5) is 0 Å². The largest absolute Gasteiger partial charge is 0.465 e. The van der Waals surface area contributed by atoms with Gasteiger partial charge >= 0.3 is 5.97 Å². The van der Waals surface area contributed by atoms with E-state index in [4.69, 9.17) is 13.9 Å². The van der Waals surface area contributed by atoms with Gasteiger partial charge in [-0.2, -0.15) is 0 Å². The first-order valence-electron chi connectivity index (χ1n) is 9.79. The molecule has 27 heavy (non-hydrogen) atoms. The highest BCUT2D eigenvalue weighted by molar-refractivity contribution is 6.74. The van der Waals surface area contributed by atoms with Crippen LogP contribution in [0.5, 0.6) is 0 Å². The zero-order valence-electron chi connectivity index (χ0n) is 18.4. The summed E-state index contributed by atoms with van der Waals surface area (Å²) >= 11 is 0. The SMILES string of the molecule is CC(C)(C)C(=O)OCC[C@H](COCc1ccccc1)O[Si](C)(C)C(C)(C)C. The molecule has 5 heteroatoms. The van der Waals surface area contributed by atoms with E-state index in [0.29, 0.717) is 26.2 Å². The van der Waals surface area contributed by atoms with E-state index in [-0.39, 0.29) is 17.1 Å². The Balaban J connectivity index is 2.64. The predicted molar refractivity (Wildman–Crippen MR) is 113 cm³/mol. The Bertz CT molecular complexity index is 570. The molecule has 0 heterocycles. The van der Waals surface area contributed by atoms with Crippen LogP contribution in [0.2, 0.25) is 18.1 Å². The minimum absolute atomic E-state index is 0.0811. The molecular formula is C22H38O4Si. The van der Waals surface area contributed by atoms with Gasteiger partial charge < -0.3 is 13.9 Å².